The van der Waals surface area contributed by atoms with Crippen LogP contribution in [-0.2, 0) is 13.0 Å². The van der Waals surface area contributed by atoms with Gasteiger partial charge >= 0.3 is 0 Å². The Labute approximate surface area is 147 Å². The van der Waals surface area contributed by atoms with E-state index in [1.54, 1.807) is 7.11 Å². The van der Waals surface area contributed by atoms with Gasteiger partial charge < -0.3 is 9.30 Å². The number of carbonyl (C=O) groups excluding carboxylic acids is 1. The molecule has 25 heavy (non-hydrogen) atoms. The summed E-state index contributed by atoms with van der Waals surface area (Å²) in [6.45, 7) is 0.745. The van der Waals surface area contributed by atoms with Crippen molar-refractivity contribution in [2.24, 2.45) is 0 Å². The Balaban J connectivity index is 1.79. The Kier molecular flexibility index (Phi) is 4.14. The molecule has 0 atom stereocenters. The number of nitrogens with zero attached hydrogens (tertiary/aromatic N) is 1. The third-order valence-electron chi connectivity index (χ3n) is 4.87. The molecule has 3 aromatic rings. The minimum atomic E-state index is 0.270. The first kappa shape index (κ1) is 15.7. The van der Waals surface area contributed by atoms with Gasteiger partial charge in [-0.15, -0.1) is 0 Å². The van der Waals surface area contributed by atoms with Crippen molar-refractivity contribution in [3.05, 3.63) is 77.5 Å². The van der Waals surface area contributed by atoms with Crippen LogP contribution in [0.4, 0.5) is 0 Å². The average molecular weight is 331 g/mol. The van der Waals surface area contributed by atoms with Crippen LogP contribution in [0.15, 0.2) is 60.8 Å². The van der Waals surface area contributed by atoms with Crippen LogP contribution in [-0.4, -0.2) is 17.5 Å². The van der Waals surface area contributed by atoms with Crippen molar-refractivity contribution in [1.82, 2.24) is 4.57 Å². The van der Waals surface area contributed by atoms with Crippen molar-refractivity contribution in [2.45, 2.75) is 25.8 Å². The highest BCUT2D eigenvalue weighted by atomic mass is 16.5. The standard InChI is InChI=1S/C22H21NO2/c1-25-18-12-10-16(11-13-18)14-23-15-20-19(8-5-9-21(20)24)22(23)17-6-3-2-4-7-17/h2-4,6-7,10-13,15H,5,8-9,14H2,1H3. The minimum absolute atomic E-state index is 0.270. The molecule has 1 aliphatic carbocycles. The molecule has 4 rings (SSSR count). The van der Waals surface area contributed by atoms with Crippen LogP contribution in [0.5, 0.6) is 5.75 Å². The summed E-state index contributed by atoms with van der Waals surface area (Å²) >= 11 is 0. The number of hydrogen-bond donors (Lipinski definition) is 0. The minimum Gasteiger partial charge on any atom is -0.497 e. The second-order valence-corrected chi connectivity index (χ2v) is 6.49. The fourth-order valence-electron chi connectivity index (χ4n) is 3.64. The van der Waals surface area contributed by atoms with E-state index >= 15 is 0 Å². The first-order chi connectivity index (χ1) is 12.3. The van der Waals surface area contributed by atoms with E-state index in [-0.39, 0.29) is 5.78 Å². The van der Waals surface area contributed by atoms with Gasteiger partial charge in [0.05, 0.1) is 12.8 Å². The highest BCUT2D eigenvalue weighted by Crippen LogP contribution is 2.34. The molecule has 0 aliphatic heterocycles. The Morgan fingerprint density at radius 3 is 2.48 bits per heavy atom. The number of rotatable bonds is 4. The highest BCUT2D eigenvalue weighted by molar-refractivity contribution is 6.00. The fourth-order valence-corrected chi connectivity index (χ4v) is 3.64. The topological polar surface area (TPSA) is 31.2 Å². The number of carbonyl (C=O) groups is 1. The largest absolute Gasteiger partial charge is 0.497 e. The van der Waals surface area contributed by atoms with Crippen molar-refractivity contribution in [2.75, 3.05) is 7.11 Å². The number of ketones is 1. The van der Waals surface area contributed by atoms with Crippen molar-refractivity contribution < 1.29 is 9.53 Å². The number of fused-ring (bicyclic) bond motifs is 1. The van der Waals surface area contributed by atoms with Gasteiger partial charge in [0.2, 0.25) is 0 Å². The lowest BCUT2D eigenvalue weighted by Gasteiger charge is -2.14. The van der Waals surface area contributed by atoms with Crippen LogP contribution in [0.3, 0.4) is 0 Å². The van der Waals surface area contributed by atoms with Gasteiger partial charge in [0.1, 0.15) is 5.75 Å². The smallest absolute Gasteiger partial charge is 0.164 e. The van der Waals surface area contributed by atoms with E-state index in [0.717, 1.165) is 30.7 Å². The van der Waals surface area contributed by atoms with E-state index in [4.69, 9.17) is 4.74 Å². The molecule has 0 unspecified atom stereocenters. The highest BCUT2D eigenvalue weighted by Gasteiger charge is 2.24. The van der Waals surface area contributed by atoms with E-state index in [1.807, 2.05) is 24.4 Å². The van der Waals surface area contributed by atoms with Gasteiger partial charge in [-0.1, -0.05) is 42.5 Å². The number of benzene rings is 2. The third kappa shape index (κ3) is 2.98. The summed E-state index contributed by atoms with van der Waals surface area (Å²) in [4.78, 5) is 12.4. The molecular formula is C22H21NO2. The quantitative estimate of drug-likeness (QED) is 0.692. The lowest BCUT2D eigenvalue weighted by molar-refractivity contribution is 0.0973. The molecular weight excluding hydrogens is 310 g/mol. The zero-order valence-corrected chi connectivity index (χ0v) is 14.4. The summed E-state index contributed by atoms with van der Waals surface area (Å²) < 4.78 is 7.47. The summed E-state index contributed by atoms with van der Waals surface area (Å²) in [7, 11) is 1.67. The lowest BCUT2D eigenvalue weighted by atomic mass is 9.91. The molecule has 0 N–H and O–H groups in total. The number of aromatic nitrogens is 1. The predicted molar refractivity (Wildman–Crippen MR) is 99.2 cm³/mol. The lowest BCUT2D eigenvalue weighted by Crippen LogP contribution is -2.08. The molecule has 0 fully saturated rings. The number of ether oxygens (including phenoxy) is 1. The summed E-state index contributed by atoms with van der Waals surface area (Å²) in [6, 6.07) is 18.5. The first-order valence-corrected chi connectivity index (χ1v) is 8.70. The molecule has 0 saturated heterocycles. The number of hydrogen-bond acceptors (Lipinski definition) is 2. The van der Waals surface area contributed by atoms with Gasteiger partial charge in [-0.05, 0) is 41.7 Å². The molecule has 1 aromatic heterocycles. The summed E-state index contributed by atoms with van der Waals surface area (Å²) in [5.74, 6) is 1.13. The molecule has 3 nitrogen and oxygen atoms in total. The monoisotopic (exact) mass is 331 g/mol. The zero-order valence-electron chi connectivity index (χ0n) is 14.4. The third-order valence-corrected chi connectivity index (χ3v) is 4.87. The van der Waals surface area contributed by atoms with Crippen LogP contribution in [0.1, 0.15) is 34.3 Å². The van der Waals surface area contributed by atoms with Gasteiger partial charge in [0.15, 0.2) is 5.78 Å². The number of Topliss-reactive ketones (excluding diaryl/α,β-unsaturated/α-hetero) is 1. The summed E-state index contributed by atoms with van der Waals surface area (Å²) in [5, 5.41) is 0. The van der Waals surface area contributed by atoms with Crippen LogP contribution in [0.2, 0.25) is 0 Å². The van der Waals surface area contributed by atoms with Crippen molar-refractivity contribution >= 4 is 5.78 Å². The van der Waals surface area contributed by atoms with E-state index in [1.165, 1.54) is 22.4 Å². The Morgan fingerprint density at radius 1 is 1.00 bits per heavy atom. The molecule has 0 bridgehead atoms. The SMILES string of the molecule is COc1ccc(Cn2cc3c(c2-c2ccccc2)CCCC3=O)cc1. The maximum absolute atomic E-state index is 12.4. The van der Waals surface area contributed by atoms with Crippen molar-refractivity contribution in [3.63, 3.8) is 0 Å². The average Bonchev–Trinajstić information content (AvgIpc) is 3.02. The van der Waals surface area contributed by atoms with Crippen LogP contribution >= 0.6 is 0 Å². The second kappa shape index (κ2) is 6.60. The Hall–Kier alpha value is -2.81. The van der Waals surface area contributed by atoms with E-state index < -0.39 is 0 Å². The van der Waals surface area contributed by atoms with E-state index in [9.17, 15) is 4.79 Å². The van der Waals surface area contributed by atoms with Crippen LogP contribution in [0.25, 0.3) is 11.3 Å². The molecule has 0 radical (unpaired) electrons. The zero-order chi connectivity index (χ0) is 17.2. The summed E-state index contributed by atoms with van der Waals surface area (Å²) in [6.07, 6.45) is 4.62. The fraction of sp³-hybridized carbons (Fsp3) is 0.227. The van der Waals surface area contributed by atoms with Gasteiger partial charge in [-0.3, -0.25) is 4.79 Å². The van der Waals surface area contributed by atoms with Gasteiger partial charge in [-0.2, -0.15) is 0 Å². The van der Waals surface area contributed by atoms with Crippen molar-refractivity contribution in [1.29, 1.82) is 0 Å². The molecule has 0 spiro atoms. The Morgan fingerprint density at radius 2 is 1.76 bits per heavy atom. The van der Waals surface area contributed by atoms with E-state index in [0.29, 0.717) is 6.42 Å². The van der Waals surface area contributed by atoms with Crippen LogP contribution in [0, 0.1) is 0 Å². The first-order valence-electron chi connectivity index (χ1n) is 8.70. The van der Waals surface area contributed by atoms with E-state index in [2.05, 4.69) is 41.0 Å². The molecule has 3 heteroatoms. The Bertz CT molecular complexity index is 892. The maximum atomic E-state index is 12.4. The predicted octanol–water partition coefficient (Wildman–Crippen LogP) is 4.73. The van der Waals surface area contributed by atoms with Gasteiger partial charge in [0, 0.05) is 24.7 Å². The molecule has 1 heterocycles. The molecule has 0 amide bonds. The van der Waals surface area contributed by atoms with Gasteiger partial charge in [-0.25, -0.2) is 0 Å². The second-order valence-electron chi connectivity index (χ2n) is 6.49. The molecule has 0 saturated carbocycles. The molecule has 1 aliphatic rings. The maximum Gasteiger partial charge on any atom is 0.164 e. The molecule has 126 valence electrons. The van der Waals surface area contributed by atoms with Gasteiger partial charge in [0.25, 0.3) is 0 Å². The summed E-state index contributed by atoms with van der Waals surface area (Å²) in [5.41, 5.74) is 5.65. The van der Waals surface area contributed by atoms with Crippen molar-refractivity contribution in [3.8, 4) is 17.0 Å². The number of methoxy groups -OCH3 is 1. The molecule has 2 aromatic carbocycles. The normalized spacial score (nSPS) is 13.6. The van der Waals surface area contributed by atoms with Crippen LogP contribution < -0.4 is 4.74 Å².